The number of aryl methyl sites for hydroxylation is 1. The molecule has 6 rings (SSSR count). The number of nitrogens with one attached hydrogen (secondary N) is 1. The Bertz CT molecular complexity index is 1690. The van der Waals surface area contributed by atoms with E-state index < -0.39 is 31.5 Å². The maximum absolute atomic E-state index is 14.2. The Labute approximate surface area is 263 Å². The summed E-state index contributed by atoms with van der Waals surface area (Å²) in [5, 5.41) is 7.78. The molecular weight excluding hydrogens is 622 g/mol. The highest BCUT2D eigenvalue weighted by Crippen LogP contribution is 2.53. The van der Waals surface area contributed by atoms with Gasteiger partial charge in [0, 0.05) is 55.3 Å². The second-order valence-corrected chi connectivity index (χ2v) is 14.8. The van der Waals surface area contributed by atoms with Gasteiger partial charge in [0.2, 0.25) is 11.8 Å². The highest BCUT2D eigenvalue weighted by molar-refractivity contribution is 7.51. The van der Waals surface area contributed by atoms with Crippen LogP contribution in [0.25, 0.3) is 10.1 Å². The molecule has 12 nitrogen and oxygen atoms in total. The lowest BCUT2D eigenvalue weighted by atomic mass is 9.99. The highest BCUT2D eigenvalue weighted by Gasteiger charge is 2.44. The minimum atomic E-state index is -4.98. The number of fused-ring (bicyclic) bond motifs is 2. The van der Waals surface area contributed by atoms with Gasteiger partial charge in [-0.3, -0.25) is 23.6 Å². The van der Waals surface area contributed by atoms with Crippen molar-refractivity contribution in [2.75, 3.05) is 18.0 Å². The molecule has 15 heteroatoms. The minimum Gasteiger partial charge on any atom is -0.354 e. The number of anilines is 1. The van der Waals surface area contributed by atoms with E-state index in [0.29, 0.717) is 29.3 Å². The predicted octanol–water partition coefficient (Wildman–Crippen LogP) is 3.94. The lowest BCUT2D eigenvalue weighted by Crippen LogP contribution is -2.54. The van der Waals surface area contributed by atoms with Crippen LogP contribution >= 0.6 is 18.9 Å². The molecule has 5 heterocycles. The van der Waals surface area contributed by atoms with Gasteiger partial charge in [0.25, 0.3) is 11.8 Å². The van der Waals surface area contributed by atoms with Crippen LogP contribution in [0.15, 0.2) is 41.5 Å². The van der Waals surface area contributed by atoms with Gasteiger partial charge in [-0.15, -0.1) is 11.3 Å². The predicted molar refractivity (Wildman–Crippen MR) is 168 cm³/mol. The summed E-state index contributed by atoms with van der Waals surface area (Å²) in [6.07, 6.45) is 8.55. The fraction of sp³-hybridized carbons (Fsp3) is 0.500. The standard InChI is InChI=1S/C30H36FN6O6PS/c1-35-12-11-26(34-35)36-13-10-18(17-36)16-32-28(38)23-8-7-21-4-2-3-5-22(30(40)37(21)23)33-29(39)25-15-20-14-19(6-9-24(20)45-25)27(31)44(41,42)43/h6,9,11-12,14-16,18,21-23,27H,2-5,7-8,10,13,17H2,1H3,(H,33,39)(H2,41,42,43)/t18?,21-,22-,23-,27?/m0/s1. The molecule has 2 unspecified atom stereocenters. The van der Waals surface area contributed by atoms with Crippen molar-refractivity contribution in [3.63, 3.8) is 0 Å². The highest BCUT2D eigenvalue weighted by atomic mass is 32.1. The third-order valence-electron chi connectivity index (χ3n) is 8.92. The van der Waals surface area contributed by atoms with Gasteiger partial charge in [-0.25, -0.2) is 9.38 Å². The summed E-state index contributed by atoms with van der Waals surface area (Å²) >= 11 is 1.14. The molecule has 1 aromatic carbocycles. The van der Waals surface area contributed by atoms with E-state index in [4.69, 9.17) is 0 Å². The van der Waals surface area contributed by atoms with E-state index in [0.717, 1.165) is 55.9 Å². The van der Waals surface area contributed by atoms with Gasteiger partial charge < -0.3 is 24.9 Å². The van der Waals surface area contributed by atoms with E-state index in [1.807, 2.05) is 19.3 Å². The van der Waals surface area contributed by atoms with Crippen molar-refractivity contribution in [2.24, 2.45) is 18.0 Å². The monoisotopic (exact) mass is 658 g/mol. The normalized spacial score (nSPS) is 25.0. The van der Waals surface area contributed by atoms with Gasteiger partial charge in [-0.2, -0.15) is 5.10 Å². The lowest BCUT2D eigenvalue weighted by molar-refractivity contribution is -0.141. The topological polar surface area (TPSA) is 157 Å². The largest absolute Gasteiger partial charge is 0.363 e. The molecule has 0 aliphatic carbocycles. The van der Waals surface area contributed by atoms with Crippen LogP contribution in [0, 0.1) is 5.92 Å². The Morgan fingerprint density at radius 2 is 1.96 bits per heavy atom. The van der Waals surface area contributed by atoms with Crippen molar-refractivity contribution in [1.82, 2.24) is 20.0 Å². The van der Waals surface area contributed by atoms with Crippen LogP contribution in [-0.2, 0) is 21.2 Å². The Balaban J connectivity index is 1.13. The zero-order valence-electron chi connectivity index (χ0n) is 24.8. The van der Waals surface area contributed by atoms with Gasteiger partial charge in [-0.1, -0.05) is 18.9 Å². The fourth-order valence-electron chi connectivity index (χ4n) is 6.61. The molecule has 0 bridgehead atoms. The van der Waals surface area contributed by atoms with Crippen molar-refractivity contribution in [2.45, 2.75) is 69.0 Å². The number of benzene rings is 1. The van der Waals surface area contributed by atoms with Crippen molar-refractivity contribution in [1.29, 1.82) is 0 Å². The number of thiophene rings is 1. The molecular formula is C30H36FN6O6PS. The van der Waals surface area contributed by atoms with Crippen LogP contribution < -0.4 is 10.2 Å². The van der Waals surface area contributed by atoms with Crippen LogP contribution in [0.5, 0.6) is 0 Å². The molecule has 0 radical (unpaired) electrons. The molecule has 3 fully saturated rings. The number of carbonyl (C=O) groups is 3. The number of carbonyl (C=O) groups excluding carboxylic acids is 3. The summed E-state index contributed by atoms with van der Waals surface area (Å²) in [6, 6.07) is 6.04. The molecule has 0 saturated carbocycles. The maximum Gasteiger partial charge on any atom is 0.363 e. The van der Waals surface area contributed by atoms with Crippen LogP contribution in [0.2, 0.25) is 0 Å². The molecule has 45 heavy (non-hydrogen) atoms. The smallest absolute Gasteiger partial charge is 0.354 e. The number of hydrogen-bond donors (Lipinski definition) is 3. The molecule has 3 aliphatic rings. The number of aromatic nitrogens is 2. The Hall–Kier alpha value is -3.45. The first-order valence-electron chi connectivity index (χ1n) is 15.2. The molecule has 5 atom stereocenters. The van der Waals surface area contributed by atoms with Crippen LogP contribution in [0.3, 0.4) is 0 Å². The first kappa shape index (κ1) is 31.5. The third kappa shape index (κ3) is 6.74. The van der Waals surface area contributed by atoms with Crippen molar-refractivity contribution >= 4 is 58.8 Å². The Morgan fingerprint density at radius 1 is 1.16 bits per heavy atom. The number of halogens is 1. The quantitative estimate of drug-likeness (QED) is 0.255. The van der Waals surface area contributed by atoms with Gasteiger partial charge in [0.05, 0.1) is 4.88 Å². The van der Waals surface area contributed by atoms with Crippen LogP contribution in [0.1, 0.15) is 66.1 Å². The molecule has 3 amide bonds. The van der Waals surface area contributed by atoms with Crippen molar-refractivity contribution in [3.05, 3.63) is 47.0 Å². The first-order valence-corrected chi connectivity index (χ1v) is 17.7. The zero-order valence-corrected chi connectivity index (χ0v) is 26.5. The van der Waals surface area contributed by atoms with Gasteiger partial charge >= 0.3 is 7.60 Å². The van der Waals surface area contributed by atoms with Crippen LogP contribution in [0.4, 0.5) is 10.2 Å². The zero-order chi connectivity index (χ0) is 31.9. The van der Waals surface area contributed by atoms with E-state index in [1.54, 1.807) is 15.8 Å². The molecule has 240 valence electrons. The van der Waals surface area contributed by atoms with E-state index >= 15 is 0 Å². The molecule has 2 aromatic heterocycles. The van der Waals surface area contributed by atoms with Crippen molar-refractivity contribution in [3.8, 4) is 0 Å². The van der Waals surface area contributed by atoms with E-state index in [-0.39, 0.29) is 34.2 Å². The Kier molecular flexibility index (Phi) is 8.93. The minimum absolute atomic E-state index is 0.0853. The van der Waals surface area contributed by atoms with E-state index in [1.165, 1.54) is 24.3 Å². The fourth-order valence-corrected chi connectivity index (χ4v) is 8.10. The van der Waals surface area contributed by atoms with Gasteiger partial charge in [-0.05, 0) is 61.3 Å². The number of hydrogen-bond acceptors (Lipinski definition) is 7. The van der Waals surface area contributed by atoms with E-state index in [2.05, 4.69) is 20.3 Å². The molecule has 3 saturated heterocycles. The number of rotatable bonds is 7. The summed E-state index contributed by atoms with van der Waals surface area (Å²) in [6.45, 7) is 1.54. The Morgan fingerprint density at radius 3 is 2.71 bits per heavy atom. The number of nitrogens with zero attached hydrogens (tertiary/aromatic N) is 5. The van der Waals surface area contributed by atoms with Crippen LogP contribution in [-0.4, -0.2) is 79.6 Å². The van der Waals surface area contributed by atoms with E-state index in [9.17, 15) is 33.1 Å². The summed E-state index contributed by atoms with van der Waals surface area (Å²) < 4.78 is 28.0. The average Bonchev–Trinajstić information content (AvgIpc) is 3.81. The summed E-state index contributed by atoms with van der Waals surface area (Å²) in [7, 11) is -3.10. The third-order valence-corrected chi connectivity index (χ3v) is 10.9. The van der Waals surface area contributed by atoms with Crippen molar-refractivity contribution < 1.29 is 33.1 Å². The second kappa shape index (κ2) is 12.7. The average molecular weight is 659 g/mol. The molecule has 3 N–H and O–H groups in total. The molecule has 3 aromatic rings. The lowest BCUT2D eigenvalue weighted by Gasteiger charge is -2.34. The molecule has 0 spiro atoms. The summed E-state index contributed by atoms with van der Waals surface area (Å²) in [5.41, 5.74) is -0.173. The van der Waals surface area contributed by atoms with Gasteiger partial charge in [0.1, 0.15) is 12.1 Å². The SMILES string of the molecule is Cn1ccc(N2CCC(C=NC(=O)[C@@H]3CC[C@@H]4CCCC[C@H](NC(=O)c5cc6cc(C(F)P(=O)(O)O)ccc6s5)C(=O)N43)C2)n1. The first-order chi connectivity index (χ1) is 21.5. The van der Waals surface area contributed by atoms with Gasteiger partial charge in [0.15, 0.2) is 5.82 Å². The number of alkyl halides is 1. The molecule has 3 aliphatic heterocycles. The number of aliphatic imine (C=N–C) groups is 1. The summed E-state index contributed by atoms with van der Waals surface area (Å²) in [4.78, 5) is 67.4. The maximum atomic E-state index is 14.2. The summed E-state index contributed by atoms with van der Waals surface area (Å²) in [5.74, 6) is -2.56. The number of amides is 3. The second-order valence-electron chi connectivity index (χ2n) is 12.1.